The van der Waals surface area contributed by atoms with Crippen molar-refractivity contribution in [2.75, 3.05) is 13.1 Å². The number of para-hydroxylation sites is 1. The Labute approximate surface area is 214 Å². The third-order valence-electron chi connectivity index (χ3n) is 8.01. The maximum atomic E-state index is 13.1. The fourth-order valence-corrected chi connectivity index (χ4v) is 6.14. The van der Waals surface area contributed by atoms with Crippen molar-refractivity contribution in [2.45, 2.75) is 77.9 Å². The zero-order chi connectivity index (χ0) is 25.1. The maximum Gasteiger partial charge on any atom is 0.233 e. The average molecular weight is 486 g/mol. The number of hydrogen-bond acceptors (Lipinski definition) is 3. The van der Waals surface area contributed by atoms with Crippen molar-refractivity contribution in [2.24, 2.45) is 5.92 Å². The molecule has 190 valence electrons. The Kier molecular flexibility index (Phi) is 7.56. The van der Waals surface area contributed by atoms with Crippen molar-refractivity contribution >= 4 is 33.6 Å². The molecule has 5 heteroatoms. The summed E-state index contributed by atoms with van der Waals surface area (Å²) in [6.45, 7) is 7.88. The molecule has 3 aromatic rings. The number of rotatable bonds is 10. The molecule has 2 unspecified atom stereocenters. The van der Waals surface area contributed by atoms with Gasteiger partial charge in [-0.3, -0.25) is 19.4 Å². The van der Waals surface area contributed by atoms with Crippen LogP contribution in [-0.2, 0) is 22.7 Å². The number of benzene rings is 2. The Morgan fingerprint density at radius 2 is 1.81 bits per heavy atom. The van der Waals surface area contributed by atoms with E-state index >= 15 is 0 Å². The van der Waals surface area contributed by atoms with Gasteiger partial charge in [0.15, 0.2) is 0 Å². The van der Waals surface area contributed by atoms with Crippen molar-refractivity contribution in [1.29, 1.82) is 0 Å². The van der Waals surface area contributed by atoms with Crippen LogP contribution in [0.4, 0.5) is 0 Å². The molecule has 2 fully saturated rings. The largest absolute Gasteiger partial charge is 0.341 e. The molecule has 5 rings (SSSR count). The first-order valence-electron chi connectivity index (χ1n) is 13.8. The fourth-order valence-electron chi connectivity index (χ4n) is 6.14. The summed E-state index contributed by atoms with van der Waals surface area (Å²) in [7, 11) is 0. The summed E-state index contributed by atoms with van der Waals surface area (Å²) < 4.78 is 2.38. The molecule has 5 nitrogen and oxygen atoms in total. The lowest BCUT2D eigenvalue weighted by Gasteiger charge is -2.23. The minimum atomic E-state index is -0.174. The molecular weight excluding hydrogens is 446 g/mol. The van der Waals surface area contributed by atoms with Crippen molar-refractivity contribution in [3.63, 3.8) is 0 Å². The summed E-state index contributed by atoms with van der Waals surface area (Å²) in [6, 6.07) is 15.4. The highest BCUT2D eigenvalue weighted by Crippen LogP contribution is 2.32. The molecule has 0 spiro atoms. The predicted molar refractivity (Wildman–Crippen MR) is 147 cm³/mol. The summed E-state index contributed by atoms with van der Waals surface area (Å²) in [4.78, 5) is 29.9. The number of nitrogens with zero attached hydrogens (tertiary/aromatic N) is 3. The second-order valence-corrected chi connectivity index (χ2v) is 10.5. The number of allylic oxidation sites excluding steroid dienone is 2. The van der Waals surface area contributed by atoms with Gasteiger partial charge in [0.1, 0.15) is 0 Å². The monoisotopic (exact) mass is 485 g/mol. The highest BCUT2D eigenvalue weighted by Gasteiger charge is 2.43. The Balaban J connectivity index is 1.22. The number of imide groups is 1. The lowest BCUT2D eigenvalue weighted by Crippen LogP contribution is -2.41. The van der Waals surface area contributed by atoms with Gasteiger partial charge in [-0.2, -0.15) is 0 Å². The molecule has 2 atom stereocenters. The molecular formula is C31H39N3O2. The van der Waals surface area contributed by atoms with Gasteiger partial charge in [0.2, 0.25) is 11.8 Å². The van der Waals surface area contributed by atoms with E-state index in [4.69, 9.17) is 0 Å². The minimum Gasteiger partial charge on any atom is -0.341 e. The van der Waals surface area contributed by atoms with Crippen LogP contribution in [-0.4, -0.2) is 45.3 Å². The lowest BCUT2D eigenvalue weighted by atomic mass is 10.0. The van der Waals surface area contributed by atoms with Gasteiger partial charge in [0, 0.05) is 54.4 Å². The molecule has 2 aliphatic rings. The number of carbonyl (C=O) groups is 2. The molecule has 2 amide bonds. The topological polar surface area (TPSA) is 45.6 Å². The Bertz CT molecular complexity index is 1270. The van der Waals surface area contributed by atoms with Gasteiger partial charge < -0.3 is 4.57 Å². The second-order valence-electron chi connectivity index (χ2n) is 10.5. The number of likely N-dealkylation sites (tertiary alicyclic amines) is 2. The normalized spacial score (nSPS) is 21.2. The zero-order valence-corrected chi connectivity index (χ0v) is 21.8. The summed E-state index contributed by atoms with van der Waals surface area (Å²) in [5.74, 6) is -0.115. The fraction of sp³-hybridized carbons (Fsp3) is 0.484. The number of aromatic nitrogens is 1. The van der Waals surface area contributed by atoms with Crippen LogP contribution in [0.2, 0.25) is 0 Å². The number of carbonyl (C=O) groups excluding carboxylic acids is 2. The van der Waals surface area contributed by atoms with Gasteiger partial charge in [0.05, 0.1) is 12.0 Å². The third kappa shape index (κ3) is 4.86. The third-order valence-corrected chi connectivity index (χ3v) is 8.01. The van der Waals surface area contributed by atoms with Crippen molar-refractivity contribution in [3.05, 3.63) is 60.2 Å². The first-order valence-corrected chi connectivity index (χ1v) is 13.8. The van der Waals surface area contributed by atoms with Gasteiger partial charge in [0.25, 0.3) is 0 Å². The van der Waals surface area contributed by atoms with E-state index in [1.54, 1.807) is 4.90 Å². The van der Waals surface area contributed by atoms with Gasteiger partial charge in [-0.05, 0) is 56.4 Å². The molecule has 0 N–H and O–H groups in total. The van der Waals surface area contributed by atoms with Crippen LogP contribution >= 0.6 is 0 Å². The van der Waals surface area contributed by atoms with Gasteiger partial charge in [-0.15, -0.1) is 0 Å². The van der Waals surface area contributed by atoms with Gasteiger partial charge >= 0.3 is 0 Å². The number of amides is 2. The first kappa shape index (κ1) is 24.8. The zero-order valence-electron chi connectivity index (χ0n) is 21.8. The van der Waals surface area contributed by atoms with E-state index in [9.17, 15) is 9.59 Å². The van der Waals surface area contributed by atoms with E-state index in [1.807, 2.05) is 0 Å². The van der Waals surface area contributed by atoms with Crippen LogP contribution in [0.15, 0.2) is 54.6 Å². The smallest absolute Gasteiger partial charge is 0.233 e. The first-order chi connectivity index (χ1) is 17.6. The maximum absolute atomic E-state index is 13.1. The van der Waals surface area contributed by atoms with Gasteiger partial charge in [-0.1, -0.05) is 56.2 Å². The van der Waals surface area contributed by atoms with Crippen LogP contribution in [0.5, 0.6) is 0 Å². The van der Waals surface area contributed by atoms with E-state index in [0.717, 1.165) is 39.0 Å². The second kappa shape index (κ2) is 11.0. The van der Waals surface area contributed by atoms with Crippen molar-refractivity contribution in [1.82, 2.24) is 14.4 Å². The predicted octanol–water partition coefficient (Wildman–Crippen LogP) is 6.29. The van der Waals surface area contributed by atoms with Crippen LogP contribution < -0.4 is 0 Å². The molecule has 3 heterocycles. The highest BCUT2D eigenvalue weighted by atomic mass is 16.2. The van der Waals surface area contributed by atoms with E-state index in [0.29, 0.717) is 12.8 Å². The Morgan fingerprint density at radius 1 is 0.972 bits per heavy atom. The van der Waals surface area contributed by atoms with Gasteiger partial charge in [-0.25, -0.2) is 0 Å². The summed E-state index contributed by atoms with van der Waals surface area (Å²) in [5, 5.41) is 2.60. The molecule has 0 aliphatic carbocycles. The van der Waals surface area contributed by atoms with E-state index in [2.05, 4.69) is 77.9 Å². The number of hydrogen-bond donors (Lipinski definition) is 0. The molecule has 2 aromatic carbocycles. The molecule has 2 saturated heterocycles. The van der Waals surface area contributed by atoms with Crippen molar-refractivity contribution in [3.8, 4) is 0 Å². The molecule has 0 bridgehead atoms. The molecule has 1 aromatic heterocycles. The van der Waals surface area contributed by atoms with Crippen LogP contribution in [0, 0.1) is 5.92 Å². The molecule has 0 radical (unpaired) electrons. The number of aryl methyl sites for hydroxylation is 1. The molecule has 0 saturated carbocycles. The van der Waals surface area contributed by atoms with E-state index < -0.39 is 0 Å². The lowest BCUT2D eigenvalue weighted by molar-refractivity contribution is -0.141. The van der Waals surface area contributed by atoms with E-state index in [-0.39, 0.29) is 23.8 Å². The summed E-state index contributed by atoms with van der Waals surface area (Å²) >= 11 is 0. The summed E-state index contributed by atoms with van der Waals surface area (Å²) in [6.07, 6.45) is 10.9. The number of unbranched alkanes of at least 4 members (excludes halogenated alkanes) is 3. The summed E-state index contributed by atoms with van der Waals surface area (Å²) in [5.41, 5.74) is 3.84. The van der Waals surface area contributed by atoms with Crippen LogP contribution in [0.1, 0.15) is 64.4 Å². The number of fused-ring (bicyclic) bond motifs is 3. The molecule has 2 aliphatic heterocycles. The SMILES string of the molecule is CCCCC/C=C/CC1CC(=O)N(C2CCN(Cc3ccc4c(c3)c3ccccc3n4CC)C2)C1=O. The standard InChI is InChI=1S/C31H39N3O2/c1-3-5-6-7-8-9-12-24-20-30(35)34(31(24)36)25-17-18-32(22-25)21-23-15-16-29-27(19-23)26-13-10-11-14-28(26)33(29)4-2/h8-11,13-16,19,24-25H,3-7,12,17-18,20-22H2,1-2H3/b9-8+. The molecule has 36 heavy (non-hydrogen) atoms. The van der Waals surface area contributed by atoms with Crippen molar-refractivity contribution < 1.29 is 9.59 Å². The quantitative estimate of drug-likeness (QED) is 0.193. The van der Waals surface area contributed by atoms with E-state index in [1.165, 1.54) is 46.6 Å². The van der Waals surface area contributed by atoms with Crippen LogP contribution in [0.25, 0.3) is 21.8 Å². The highest BCUT2D eigenvalue weighted by molar-refractivity contribution is 6.08. The average Bonchev–Trinajstić information content (AvgIpc) is 3.55. The minimum absolute atomic E-state index is 0.00858. The van der Waals surface area contributed by atoms with Crippen LogP contribution in [0.3, 0.4) is 0 Å². The Morgan fingerprint density at radius 3 is 2.64 bits per heavy atom. The Hall–Kier alpha value is -2.92.